The molecule has 6 nitrogen and oxygen atoms in total. The van der Waals surface area contributed by atoms with Gasteiger partial charge in [-0.25, -0.2) is 0 Å². The fraction of sp³-hybridized carbons (Fsp3) is 0.562. The van der Waals surface area contributed by atoms with Crippen LogP contribution in [0.3, 0.4) is 0 Å². The van der Waals surface area contributed by atoms with Crippen LogP contribution in [-0.4, -0.2) is 46.6 Å². The van der Waals surface area contributed by atoms with Gasteiger partial charge in [0.15, 0.2) is 0 Å². The number of likely N-dealkylation sites (tertiary alicyclic amines) is 1. The average molecular weight is 303 g/mol. The van der Waals surface area contributed by atoms with E-state index < -0.39 is 11.8 Å². The minimum atomic E-state index is -0.592. The van der Waals surface area contributed by atoms with E-state index in [0.717, 1.165) is 12.0 Å². The van der Waals surface area contributed by atoms with Gasteiger partial charge in [0.2, 0.25) is 0 Å². The Hall–Kier alpha value is -1.95. The van der Waals surface area contributed by atoms with Crippen LogP contribution < -0.4 is 5.32 Å². The summed E-state index contributed by atoms with van der Waals surface area (Å²) in [7, 11) is 0. The summed E-state index contributed by atoms with van der Waals surface area (Å²) >= 11 is 0. The number of nitrogens with one attached hydrogen (secondary N) is 1. The van der Waals surface area contributed by atoms with Crippen molar-refractivity contribution >= 4 is 11.8 Å². The minimum absolute atomic E-state index is 0.0373. The van der Waals surface area contributed by atoms with E-state index in [9.17, 15) is 9.59 Å². The lowest BCUT2D eigenvalue weighted by molar-refractivity contribution is -0.123. The molecule has 6 heteroatoms. The Morgan fingerprint density at radius 2 is 2.23 bits per heavy atom. The summed E-state index contributed by atoms with van der Waals surface area (Å²) in [4.78, 5) is 30.3. The van der Waals surface area contributed by atoms with Crippen LogP contribution in [-0.2, 0) is 16.0 Å². The molecular weight excluding hydrogens is 282 g/mol. The Bertz CT molecular complexity index is 594. The van der Waals surface area contributed by atoms with Crippen molar-refractivity contribution in [2.24, 2.45) is 0 Å². The highest BCUT2D eigenvalue weighted by molar-refractivity contribution is 5.93. The molecule has 1 aromatic rings. The molecule has 3 rings (SSSR count). The van der Waals surface area contributed by atoms with Crippen LogP contribution >= 0.6 is 0 Å². The van der Waals surface area contributed by atoms with Gasteiger partial charge >= 0.3 is 0 Å². The van der Waals surface area contributed by atoms with Crippen molar-refractivity contribution in [1.82, 2.24) is 15.2 Å². The zero-order valence-electron chi connectivity index (χ0n) is 13.0. The van der Waals surface area contributed by atoms with Gasteiger partial charge in [-0.3, -0.25) is 14.6 Å². The van der Waals surface area contributed by atoms with E-state index in [0.29, 0.717) is 31.6 Å². The van der Waals surface area contributed by atoms with Crippen molar-refractivity contribution in [3.63, 3.8) is 0 Å². The van der Waals surface area contributed by atoms with Gasteiger partial charge < -0.3 is 15.0 Å². The Morgan fingerprint density at radius 1 is 1.50 bits per heavy atom. The zero-order chi connectivity index (χ0) is 15.7. The van der Waals surface area contributed by atoms with Crippen molar-refractivity contribution in [3.05, 3.63) is 29.6 Å². The van der Waals surface area contributed by atoms with Gasteiger partial charge in [-0.1, -0.05) is 13.0 Å². The normalized spacial score (nSPS) is 23.6. The summed E-state index contributed by atoms with van der Waals surface area (Å²) in [6.45, 7) is 4.89. The Balaban J connectivity index is 1.69. The monoisotopic (exact) mass is 303 g/mol. The Kier molecular flexibility index (Phi) is 3.87. The van der Waals surface area contributed by atoms with E-state index >= 15 is 0 Å². The predicted octanol–water partition coefficient (Wildman–Crippen LogP) is 1.11. The van der Waals surface area contributed by atoms with Crippen molar-refractivity contribution in [1.29, 1.82) is 0 Å². The highest BCUT2D eigenvalue weighted by Crippen LogP contribution is 2.30. The standard InChI is InChI=1S/C16H21N3O3/c1-3-12-5-4-8-17-13(12)15(21)19-9-6-16(7-10-19)18-14(20)11(2)22-16/h4-5,8,11H,3,6-7,9-10H2,1-2H3,(H,18,20). The summed E-state index contributed by atoms with van der Waals surface area (Å²) in [5.74, 6) is -0.109. The van der Waals surface area contributed by atoms with Gasteiger partial charge in [-0.2, -0.15) is 0 Å². The van der Waals surface area contributed by atoms with Crippen LogP contribution in [0.25, 0.3) is 0 Å². The summed E-state index contributed by atoms with van der Waals surface area (Å²) < 4.78 is 5.77. The van der Waals surface area contributed by atoms with Gasteiger partial charge in [0.05, 0.1) is 0 Å². The van der Waals surface area contributed by atoms with Crippen LogP contribution in [0.2, 0.25) is 0 Å². The second-order valence-corrected chi connectivity index (χ2v) is 5.90. The molecule has 1 unspecified atom stereocenters. The van der Waals surface area contributed by atoms with Crippen molar-refractivity contribution in [2.45, 2.75) is 44.9 Å². The first-order chi connectivity index (χ1) is 10.5. The molecule has 0 saturated carbocycles. The molecule has 22 heavy (non-hydrogen) atoms. The minimum Gasteiger partial charge on any atom is -0.343 e. The lowest BCUT2D eigenvalue weighted by Gasteiger charge is -2.38. The highest BCUT2D eigenvalue weighted by Gasteiger charge is 2.46. The van der Waals surface area contributed by atoms with Gasteiger partial charge in [0, 0.05) is 32.1 Å². The topological polar surface area (TPSA) is 71.5 Å². The SMILES string of the molecule is CCc1cccnc1C(=O)N1CCC2(CC1)NC(=O)C(C)O2. The molecule has 118 valence electrons. The maximum Gasteiger partial charge on any atom is 0.272 e. The second-order valence-electron chi connectivity index (χ2n) is 5.90. The number of aryl methyl sites for hydroxylation is 1. The van der Waals surface area contributed by atoms with E-state index in [1.807, 2.05) is 19.1 Å². The Labute approximate surface area is 129 Å². The third kappa shape index (κ3) is 2.59. The number of amides is 2. The van der Waals surface area contributed by atoms with Gasteiger partial charge in [-0.15, -0.1) is 0 Å². The zero-order valence-corrected chi connectivity index (χ0v) is 13.0. The maximum absolute atomic E-state index is 12.6. The quantitative estimate of drug-likeness (QED) is 0.888. The predicted molar refractivity (Wildman–Crippen MR) is 80.2 cm³/mol. The number of pyridine rings is 1. The maximum atomic E-state index is 12.6. The summed E-state index contributed by atoms with van der Waals surface area (Å²) in [6.07, 6.45) is 3.25. The molecule has 1 spiro atoms. The number of ether oxygens (including phenoxy) is 1. The average Bonchev–Trinajstić information content (AvgIpc) is 2.81. The van der Waals surface area contributed by atoms with Crippen LogP contribution in [0.1, 0.15) is 42.7 Å². The molecule has 3 heterocycles. The number of piperidine rings is 1. The summed E-state index contributed by atoms with van der Waals surface area (Å²) in [5.41, 5.74) is 0.905. The van der Waals surface area contributed by atoms with Crippen molar-refractivity contribution in [2.75, 3.05) is 13.1 Å². The smallest absolute Gasteiger partial charge is 0.272 e. The molecule has 1 atom stereocenters. The van der Waals surface area contributed by atoms with Gasteiger partial charge in [-0.05, 0) is 25.0 Å². The number of carbonyl (C=O) groups excluding carboxylic acids is 2. The van der Waals surface area contributed by atoms with Gasteiger partial charge in [0.1, 0.15) is 17.5 Å². The molecule has 2 aliphatic heterocycles. The van der Waals surface area contributed by atoms with Crippen molar-refractivity contribution < 1.29 is 14.3 Å². The molecular formula is C16H21N3O3. The molecule has 1 aromatic heterocycles. The Morgan fingerprint density at radius 3 is 2.82 bits per heavy atom. The van der Waals surface area contributed by atoms with E-state index in [1.54, 1.807) is 18.0 Å². The van der Waals surface area contributed by atoms with E-state index in [2.05, 4.69) is 10.3 Å². The van der Waals surface area contributed by atoms with Gasteiger partial charge in [0.25, 0.3) is 11.8 Å². The highest BCUT2D eigenvalue weighted by atomic mass is 16.5. The van der Waals surface area contributed by atoms with E-state index in [1.165, 1.54) is 0 Å². The molecule has 0 radical (unpaired) electrons. The van der Waals surface area contributed by atoms with Crippen LogP contribution in [0.15, 0.2) is 18.3 Å². The largest absolute Gasteiger partial charge is 0.343 e. The number of hydrogen-bond acceptors (Lipinski definition) is 4. The molecule has 2 saturated heterocycles. The lowest BCUT2D eigenvalue weighted by Crippen LogP contribution is -2.53. The van der Waals surface area contributed by atoms with Crippen molar-refractivity contribution in [3.8, 4) is 0 Å². The second kappa shape index (κ2) is 5.68. The number of hydrogen-bond donors (Lipinski definition) is 1. The lowest BCUT2D eigenvalue weighted by atomic mass is 10.00. The first-order valence-corrected chi connectivity index (χ1v) is 7.78. The first kappa shape index (κ1) is 15.0. The number of carbonyl (C=O) groups is 2. The van der Waals surface area contributed by atoms with Crippen LogP contribution in [0.4, 0.5) is 0 Å². The molecule has 2 fully saturated rings. The molecule has 0 aliphatic carbocycles. The third-order valence-electron chi connectivity index (χ3n) is 4.46. The molecule has 1 N–H and O–H groups in total. The number of nitrogens with zero attached hydrogens (tertiary/aromatic N) is 2. The van der Waals surface area contributed by atoms with Crippen LogP contribution in [0, 0.1) is 0 Å². The van der Waals surface area contributed by atoms with Crippen LogP contribution in [0.5, 0.6) is 0 Å². The summed E-state index contributed by atoms with van der Waals surface area (Å²) in [6, 6.07) is 3.79. The number of rotatable bonds is 2. The first-order valence-electron chi connectivity index (χ1n) is 7.78. The molecule has 0 aromatic carbocycles. The third-order valence-corrected chi connectivity index (χ3v) is 4.46. The summed E-state index contributed by atoms with van der Waals surface area (Å²) in [5, 5.41) is 2.93. The molecule has 2 amide bonds. The van der Waals surface area contributed by atoms with E-state index in [4.69, 9.17) is 4.74 Å². The number of aromatic nitrogens is 1. The molecule has 2 aliphatic rings. The molecule has 0 bridgehead atoms. The fourth-order valence-electron chi connectivity index (χ4n) is 3.13. The van der Waals surface area contributed by atoms with E-state index in [-0.39, 0.29) is 11.8 Å². The fourth-order valence-corrected chi connectivity index (χ4v) is 3.13.